The summed E-state index contributed by atoms with van der Waals surface area (Å²) in [6, 6.07) is 12.2. The number of rotatable bonds is 6. The van der Waals surface area contributed by atoms with E-state index in [1.54, 1.807) is 12.1 Å². The van der Waals surface area contributed by atoms with Crippen molar-refractivity contribution < 1.29 is 13.9 Å². The summed E-state index contributed by atoms with van der Waals surface area (Å²) in [4.78, 5) is 19.8. The van der Waals surface area contributed by atoms with Gasteiger partial charge >= 0.3 is 0 Å². The van der Waals surface area contributed by atoms with E-state index in [-0.39, 0.29) is 36.8 Å². The molecule has 1 N–H and O–H groups in total. The summed E-state index contributed by atoms with van der Waals surface area (Å²) in [5.41, 5.74) is 4.16. The molecule has 5 nitrogen and oxygen atoms in total. The topological polar surface area (TPSA) is 54.5 Å². The van der Waals surface area contributed by atoms with Crippen LogP contribution in [0.15, 0.2) is 42.5 Å². The number of aryl methyl sites for hydroxylation is 2. The molecule has 2 unspecified atom stereocenters. The summed E-state index contributed by atoms with van der Waals surface area (Å²) >= 11 is 6.40. The molecule has 0 bridgehead atoms. The fourth-order valence-corrected chi connectivity index (χ4v) is 4.92. The second-order valence-electron chi connectivity index (χ2n) is 8.63. The van der Waals surface area contributed by atoms with E-state index in [0.717, 1.165) is 27.7 Å². The average molecular weight is 470 g/mol. The van der Waals surface area contributed by atoms with Crippen molar-refractivity contribution in [2.75, 3.05) is 26.2 Å². The SMILES string of the molecule is Cc1nc2ccccc2c(C)c1CC(=O)NCC(c1c(F)cccc1Cl)N1CCOC(C)C1. The molecule has 33 heavy (non-hydrogen) atoms. The maximum absolute atomic E-state index is 14.8. The van der Waals surface area contributed by atoms with Crippen molar-refractivity contribution in [3.8, 4) is 0 Å². The lowest BCUT2D eigenvalue weighted by Crippen LogP contribution is -2.47. The van der Waals surface area contributed by atoms with Crippen LogP contribution in [0.1, 0.15) is 35.3 Å². The lowest BCUT2D eigenvalue weighted by Gasteiger charge is -2.38. The third-order valence-corrected chi connectivity index (χ3v) is 6.69. The minimum atomic E-state index is -0.383. The number of halogens is 2. The standard InChI is InChI=1S/C26H29ClFN3O2/c1-16-15-31(11-12-33-16)24(26-21(27)8-6-9-22(26)28)14-29-25(32)13-20-17(2)19-7-4-5-10-23(19)30-18(20)3/h4-10,16,24H,11-15H2,1-3H3,(H,29,32). The van der Waals surface area contributed by atoms with Gasteiger partial charge in [-0.3, -0.25) is 14.7 Å². The van der Waals surface area contributed by atoms with Gasteiger partial charge in [-0.25, -0.2) is 4.39 Å². The van der Waals surface area contributed by atoms with Crippen molar-refractivity contribution >= 4 is 28.4 Å². The van der Waals surface area contributed by atoms with Crippen LogP contribution in [0.25, 0.3) is 10.9 Å². The van der Waals surface area contributed by atoms with Crippen molar-refractivity contribution in [2.24, 2.45) is 0 Å². The Hall–Kier alpha value is -2.54. The first-order valence-electron chi connectivity index (χ1n) is 11.3. The molecule has 1 aromatic heterocycles. The molecule has 1 aliphatic heterocycles. The summed E-state index contributed by atoms with van der Waals surface area (Å²) in [7, 11) is 0. The summed E-state index contributed by atoms with van der Waals surface area (Å²) < 4.78 is 20.5. The van der Waals surface area contributed by atoms with Crippen LogP contribution in [-0.2, 0) is 16.0 Å². The number of fused-ring (bicyclic) bond motifs is 1. The normalized spacial score (nSPS) is 17.8. The number of aromatic nitrogens is 1. The Kier molecular flexibility index (Phi) is 7.27. The predicted molar refractivity (Wildman–Crippen MR) is 129 cm³/mol. The van der Waals surface area contributed by atoms with Gasteiger partial charge in [0.2, 0.25) is 5.91 Å². The quantitative estimate of drug-likeness (QED) is 0.565. The molecule has 2 heterocycles. The molecular weight excluding hydrogens is 441 g/mol. The van der Waals surface area contributed by atoms with E-state index in [1.165, 1.54) is 6.07 Å². The number of morpholine rings is 1. The minimum absolute atomic E-state index is 0.0245. The van der Waals surface area contributed by atoms with Crippen molar-refractivity contribution in [3.05, 3.63) is 75.7 Å². The summed E-state index contributed by atoms with van der Waals surface area (Å²) in [5, 5.41) is 4.43. The van der Waals surface area contributed by atoms with Crippen LogP contribution in [0.2, 0.25) is 5.02 Å². The molecule has 1 amide bonds. The maximum atomic E-state index is 14.8. The van der Waals surface area contributed by atoms with Crippen LogP contribution >= 0.6 is 11.6 Å². The van der Waals surface area contributed by atoms with E-state index >= 15 is 0 Å². The molecule has 7 heteroatoms. The number of hydrogen-bond acceptors (Lipinski definition) is 4. The number of carbonyl (C=O) groups excluding carboxylic acids is 1. The lowest BCUT2D eigenvalue weighted by molar-refractivity contribution is -0.120. The highest BCUT2D eigenvalue weighted by Gasteiger charge is 2.29. The highest BCUT2D eigenvalue weighted by atomic mass is 35.5. The molecule has 2 aromatic carbocycles. The predicted octanol–water partition coefficient (Wildman–Crippen LogP) is 4.76. The highest BCUT2D eigenvalue weighted by Crippen LogP contribution is 2.31. The zero-order chi connectivity index (χ0) is 23.5. The molecule has 2 atom stereocenters. The Morgan fingerprint density at radius 3 is 2.82 bits per heavy atom. The largest absolute Gasteiger partial charge is 0.376 e. The van der Waals surface area contributed by atoms with Gasteiger partial charge in [0.25, 0.3) is 0 Å². The number of pyridine rings is 1. The number of nitrogens with zero attached hydrogens (tertiary/aromatic N) is 2. The van der Waals surface area contributed by atoms with E-state index < -0.39 is 0 Å². The Morgan fingerprint density at radius 2 is 2.06 bits per heavy atom. The highest BCUT2D eigenvalue weighted by molar-refractivity contribution is 6.31. The summed E-state index contributed by atoms with van der Waals surface area (Å²) in [5.74, 6) is -0.497. The Bertz CT molecular complexity index is 1150. The Morgan fingerprint density at radius 1 is 1.27 bits per heavy atom. The minimum Gasteiger partial charge on any atom is -0.376 e. The fraction of sp³-hybridized carbons (Fsp3) is 0.385. The molecule has 0 radical (unpaired) electrons. The van der Waals surface area contributed by atoms with Crippen LogP contribution in [0.4, 0.5) is 4.39 Å². The van der Waals surface area contributed by atoms with E-state index in [9.17, 15) is 9.18 Å². The first-order chi connectivity index (χ1) is 15.8. The van der Waals surface area contributed by atoms with Crippen LogP contribution < -0.4 is 5.32 Å². The molecule has 1 aliphatic rings. The van der Waals surface area contributed by atoms with Crippen molar-refractivity contribution in [1.82, 2.24) is 15.2 Å². The number of amides is 1. The Balaban J connectivity index is 1.54. The van der Waals surface area contributed by atoms with Gasteiger partial charge in [-0.05, 0) is 50.1 Å². The van der Waals surface area contributed by atoms with Gasteiger partial charge in [-0.15, -0.1) is 0 Å². The van der Waals surface area contributed by atoms with Gasteiger partial charge in [0.15, 0.2) is 0 Å². The second-order valence-corrected chi connectivity index (χ2v) is 9.03. The number of benzene rings is 2. The molecule has 0 saturated carbocycles. The number of hydrogen-bond donors (Lipinski definition) is 1. The molecular formula is C26H29ClFN3O2. The summed E-state index contributed by atoms with van der Waals surface area (Å²) in [6.07, 6.45) is 0.240. The van der Waals surface area contributed by atoms with E-state index in [1.807, 2.05) is 45.0 Å². The van der Waals surface area contributed by atoms with Crippen LogP contribution in [0, 0.1) is 19.7 Å². The number of ether oxygens (including phenoxy) is 1. The molecule has 0 aliphatic carbocycles. The van der Waals surface area contributed by atoms with Gasteiger partial charge in [-0.2, -0.15) is 0 Å². The molecule has 4 rings (SSSR count). The number of para-hydroxylation sites is 1. The van der Waals surface area contributed by atoms with Crippen molar-refractivity contribution in [1.29, 1.82) is 0 Å². The third-order valence-electron chi connectivity index (χ3n) is 6.36. The zero-order valence-electron chi connectivity index (χ0n) is 19.2. The fourth-order valence-electron chi connectivity index (χ4n) is 4.64. The zero-order valence-corrected chi connectivity index (χ0v) is 20.0. The van der Waals surface area contributed by atoms with Gasteiger partial charge in [0.05, 0.1) is 30.7 Å². The molecule has 1 fully saturated rings. The van der Waals surface area contributed by atoms with E-state index in [2.05, 4.69) is 15.2 Å². The summed E-state index contributed by atoms with van der Waals surface area (Å²) in [6.45, 7) is 8.03. The molecule has 1 saturated heterocycles. The average Bonchev–Trinajstić information content (AvgIpc) is 2.78. The smallest absolute Gasteiger partial charge is 0.224 e. The van der Waals surface area contributed by atoms with Gasteiger partial charge < -0.3 is 10.1 Å². The first-order valence-corrected chi connectivity index (χ1v) is 11.6. The van der Waals surface area contributed by atoms with Crippen molar-refractivity contribution in [2.45, 2.75) is 39.3 Å². The van der Waals surface area contributed by atoms with E-state index in [0.29, 0.717) is 30.3 Å². The first kappa shape index (κ1) is 23.6. The van der Waals surface area contributed by atoms with Crippen molar-refractivity contribution in [3.63, 3.8) is 0 Å². The third kappa shape index (κ3) is 5.18. The van der Waals surface area contributed by atoms with Crippen LogP contribution in [0.5, 0.6) is 0 Å². The maximum Gasteiger partial charge on any atom is 0.224 e. The molecule has 3 aromatic rings. The number of carbonyl (C=O) groups is 1. The lowest BCUT2D eigenvalue weighted by atomic mass is 9.99. The van der Waals surface area contributed by atoms with Crippen LogP contribution in [-0.4, -0.2) is 48.1 Å². The van der Waals surface area contributed by atoms with Crippen LogP contribution in [0.3, 0.4) is 0 Å². The number of nitrogens with one attached hydrogen (secondary N) is 1. The van der Waals surface area contributed by atoms with Gasteiger partial charge in [-0.1, -0.05) is 35.9 Å². The second kappa shape index (κ2) is 10.2. The monoisotopic (exact) mass is 469 g/mol. The van der Waals surface area contributed by atoms with Gasteiger partial charge in [0, 0.05) is 41.3 Å². The molecule has 174 valence electrons. The Labute approximate surface area is 198 Å². The molecule has 0 spiro atoms. The van der Waals surface area contributed by atoms with E-state index in [4.69, 9.17) is 16.3 Å². The van der Waals surface area contributed by atoms with Gasteiger partial charge in [0.1, 0.15) is 5.82 Å².